The lowest BCUT2D eigenvalue weighted by molar-refractivity contribution is -0.385. The number of nitrogens with one attached hydrogen (secondary N) is 1. The minimum atomic E-state index is -0.581. The van der Waals surface area contributed by atoms with Gasteiger partial charge in [0.05, 0.1) is 11.1 Å². The van der Waals surface area contributed by atoms with Crippen molar-refractivity contribution in [1.29, 1.82) is 0 Å². The Kier molecular flexibility index (Phi) is 5.65. The third-order valence-electron chi connectivity index (χ3n) is 2.72. The monoisotopic (exact) mass is 333 g/mol. The van der Waals surface area contributed by atoms with Crippen LogP contribution in [0.25, 0.3) is 0 Å². The van der Waals surface area contributed by atoms with E-state index in [-0.39, 0.29) is 11.4 Å². The summed E-state index contributed by atoms with van der Waals surface area (Å²) in [6, 6.07) is 12.8. The number of carbonyl (C=O) groups excluding carboxylic acids is 1. The van der Waals surface area contributed by atoms with Gasteiger partial charge in [-0.3, -0.25) is 14.9 Å². The van der Waals surface area contributed by atoms with Gasteiger partial charge >= 0.3 is 5.69 Å². The lowest BCUT2D eigenvalue weighted by Crippen LogP contribution is -2.24. The number of ether oxygens (including phenoxy) is 1. The van der Waals surface area contributed by atoms with Gasteiger partial charge in [-0.1, -0.05) is 41.9 Å². The minimum absolute atomic E-state index is 0.0164. The summed E-state index contributed by atoms with van der Waals surface area (Å²) >= 11 is 5.94. The Hall–Kier alpha value is -2.93. The highest BCUT2D eigenvalue weighted by atomic mass is 35.5. The molecule has 0 saturated heterocycles. The van der Waals surface area contributed by atoms with E-state index in [9.17, 15) is 14.9 Å². The fraction of sp³-hybridized carbons (Fsp3) is 0.0667. The van der Waals surface area contributed by atoms with Crippen LogP contribution in [0.5, 0.6) is 5.75 Å². The van der Waals surface area contributed by atoms with Crippen LogP contribution < -0.4 is 10.2 Å². The van der Waals surface area contributed by atoms with Crippen molar-refractivity contribution in [2.75, 3.05) is 6.61 Å². The Morgan fingerprint density at radius 3 is 2.70 bits per heavy atom. The molecule has 0 spiro atoms. The van der Waals surface area contributed by atoms with Gasteiger partial charge in [0.15, 0.2) is 12.4 Å². The predicted octanol–water partition coefficient (Wildman–Crippen LogP) is 2.78. The van der Waals surface area contributed by atoms with Crippen molar-refractivity contribution in [3.05, 3.63) is 69.2 Å². The molecule has 118 valence electrons. The van der Waals surface area contributed by atoms with Crippen LogP contribution in [0.1, 0.15) is 5.56 Å². The predicted molar refractivity (Wildman–Crippen MR) is 85.8 cm³/mol. The zero-order chi connectivity index (χ0) is 16.7. The lowest BCUT2D eigenvalue weighted by Gasteiger charge is -2.05. The third-order valence-corrected chi connectivity index (χ3v) is 3.06. The molecular weight excluding hydrogens is 322 g/mol. The number of rotatable bonds is 6. The van der Waals surface area contributed by atoms with Gasteiger partial charge in [-0.25, -0.2) is 5.43 Å². The number of hydrogen-bond donors (Lipinski definition) is 1. The fourth-order valence-electron chi connectivity index (χ4n) is 1.66. The maximum Gasteiger partial charge on any atom is 0.310 e. The van der Waals surface area contributed by atoms with Gasteiger partial charge in [-0.2, -0.15) is 5.10 Å². The summed E-state index contributed by atoms with van der Waals surface area (Å²) in [5.74, 6) is -0.533. The van der Waals surface area contributed by atoms with E-state index >= 15 is 0 Å². The molecule has 8 heteroatoms. The van der Waals surface area contributed by atoms with Gasteiger partial charge in [-0.15, -0.1) is 0 Å². The first-order chi connectivity index (χ1) is 11.1. The molecule has 2 aromatic rings. The lowest BCUT2D eigenvalue weighted by atomic mass is 10.2. The summed E-state index contributed by atoms with van der Waals surface area (Å²) in [4.78, 5) is 21.9. The smallest absolute Gasteiger partial charge is 0.310 e. The fourth-order valence-corrected chi connectivity index (χ4v) is 1.84. The zero-order valence-electron chi connectivity index (χ0n) is 11.8. The number of benzene rings is 2. The van der Waals surface area contributed by atoms with E-state index in [1.165, 1.54) is 24.4 Å². The molecule has 23 heavy (non-hydrogen) atoms. The number of halogens is 1. The van der Waals surface area contributed by atoms with Crippen LogP contribution in [0.2, 0.25) is 5.02 Å². The Balaban J connectivity index is 1.89. The van der Waals surface area contributed by atoms with Crippen LogP contribution in [0.15, 0.2) is 53.6 Å². The quantitative estimate of drug-likeness (QED) is 0.499. The molecule has 1 amide bonds. The Morgan fingerprint density at radius 1 is 1.26 bits per heavy atom. The Bertz CT molecular complexity index is 749. The summed E-state index contributed by atoms with van der Waals surface area (Å²) < 4.78 is 5.13. The summed E-state index contributed by atoms with van der Waals surface area (Å²) in [6.45, 7) is -0.398. The average molecular weight is 334 g/mol. The Morgan fingerprint density at radius 2 is 1.96 bits per heavy atom. The van der Waals surface area contributed by atoms with E-state index in [4.69, 9.17) is 16.3 Å². The molecule has 0 aliphatic heterocycles. The van der Waals surface area contributed by atoms with Crippen molar-refractivity contribution in [3.8, 4) is 5.75 Å². The molecule has 0 saturated carbocycles. The molecule has 0 unspecified atom stereocenters. The molecule has 0 aliphatic carbocycles. The molecule has 0 heterocycles. The largest absolute Gasteiger partial charge is 0.477 e. The van der Waals surface area contributed by atoms with E-state index in [1.807, 2.05) is 0 Å². The summed E-state index contributed by atoms with van der Waals surface area (Å²) in [7, 11) is 0. The standard InChI is InChI=1S/C15H12ClN3O4/c16-12-6-2-1-5-11(12)9-17-18-15(20)10-23-14-8-4-3-7-13(14)19(21)22/h1-9H,10H2,(H,18,20). The number of para-hydroxylation sites is 2. The first-order valence-electron chi connectivity index (χ1n) is 6.50. The second-order valence-electron chi connectivity index (χ2n) is 4.33. The highest BCUT2D eigenvalue weighted by Gasteiger charge is 2.14. The van der Waals surface area contributed by atoms with Gasteiger partial charge in [0.25, 0.3) is 5.91 Å². The van der Waals surface area contributed by atoms with Gasteiger partial charge in [0.2, 0.25) is 0 Å². The average Bonchev–Trinajstić information content (AvgIpc) is 2.55. The van der Waals surface area contributed by atoms with Crippen molar-refractivity contribution in [3.63, 3.8) is 0 Å². The summed E-state index contributed by atoms with van der Waals surface area (Å²) in [5.41, 5.74) is 2.69. The van der Waals surface area contributed by atoms with Gasteiger partial charge in [0, 0.05) is 16.7 Å². The molecule has 2 rings (SSSR count). The number of nitro benzene ring substituents is 1. The Labute approximate surface area is 136 Å². The maximum absolute atomic E-state index is 11.6. The van der Waals surface area contributed by atoms with Crippen LogP contribution in [0.4, 0.5) is 5.69 Å². The normalized spacial score (nSPS) is 10.5. The molecule has 7 nitrogen and oxygen atoms in total. The first-order valence-corrected chi connectivity index (χ1v) is 6.88. The highest BCUT2D eigenvalue weighted by molar-refractivity contribution is 6.33. The van der Waals surface area contributed by atoms with Crippen molar-refractivity contribution < 1.29 is 14.5 Å². The minimum Gasteiger partial charge on any atom is -0.477 e. The van der Waals surface area contributed by atoms with Gasteiger partial charge < -0.3 is 4.74 Å². The van der Waals surface area contributed by atoms with Crippen LogP contribution in [0, 0.1) is 10.1 Å². The SMILES string of the molecule is O=C(COc1ccccc1[N+](=O)[O-])NN=Cc1ccccc1Cl. The number of amides is 1. The number of hydrogen-bond acceptors (Lipinski definition) is 5. The topological polar surface area (TPSA) is 93.8 Å². The molecule has 0 aromatic heterocycles. The van der Waals surface area contributed by atoms with E-state index in [2.05, 4.69) is 10.5 Å². The summed E-state index contributed by atoms with van der Waals surface area (Å²) in [5, 5.41) is 15.1. The molecule has 0 atom stereocenters. The van der Waals surface area contributed by atoms with Crippen LogP contribution in [0.3, 0.4) is 0 Å². The van der Waals surface area contributed by atoms with Crippen LogP contribution >= 0.6 is 11.6 Å². The number of carbonyl (C=O) groups is 1. The third kappa shape index (κ3) is 4.79. The van der Waals surface area contributed by atoms with Gasteiger partial charge in [0.1, 0.15) is 0 Å². The summed E-state index contributed by atoms with van der Waals surface area (Å²) in [6.07, 6.45) is 1.39. The van der Waals surface area contributed by atoms with Crippen molar-refractivity contribution in [2.45, 2.75) is 0 Å². The zero-order valence-corrected chi connectivity index (χ0v) is 12.6. The molecule has 0 radical (unpaired) electrons. The van der Waals surface area contributed by atoms with Gasteiger partial charge in [-0.05, 0) is 12.1 Å². The second-order valence-corrected chi connectivity index (χ2v) is 4.74. The number of nitro groups is 1. The molecule has 1 N–H and O–H groups in total. The molecule has 2 aromatic carbocycles. The number of hydrazone groups is 1. The van der Waals surface area contributed by atoms with Crippen molar-refractivity contribution >= 4 is 29.4 Å². The molecular formula is C15H12ClN3O4. The van der Waals surface area contributed by atoms with E-state index < -0.39 is 17.4 Å². The van der Waals surface area contributed by atoms with Crippen molar-refractivity contribution in [2.24, 2.45) is 5.10 Å². The second kappa shape index (κ2) is 7.90. The molecule has 0 bridgehead atoms. The van der Waals surface area contributed by atoms with Crippen molar-refractivity contribution in [1.82, 2.24) is 5.43 Å². The number of nitrogens with zero attached hydrogens (tertiary/aromatic N) is 2. The van der Waals surface area contributed by atoms with E-state index in [1.54, 1.807) is 30.3 Å². The molecule has 0 fully saturated rings. The highest BCUT2D eigenvalue weighted by Crippen LogP contribution is 2.25. The van der Waals surface area contributed by atoms with E-state index in [0.717, 1.165) is 0 Å². The maximum atomic E-state index is 11.6. The molecule has 0 aliphatic rings. The van der Waals surface area contributed by atoms with E-state index in [0.29, 0.717) is 10.6 Å². The first kappa shape index (κ1) is 16.4. The van der Waals surface area contributed by atoms with Crippen LogP contribution in [-0.2, 0) is 4.79 Å². The van der Waals surface area contributed by atoms with Crippen LogP contribution in [-0.4, -0.2) is 23.7 Å².